The van der Waals surface area contributed by atoms with Crippen molar-refractivity contribution in [1.82, 2.24) is 0 Å². The molecule has 176 valence electrons. The van der Waals surface area contributed by atoms with Gasteiger partial charge in [-0.05, 0) is 58.7 Å². The highest BCUT2D eigenvalue weighted by atomic mass is 16.5. The Balaban J connectivity index is 1.48. The minimum Gasteiger partial charge on any atom is -0.497 e. The molecule has 5 aromatic rings. The van der Waals surface area contributed by atoms with Gasteiger partial charge >= 0.3 is 0 Å². The van der Waals surface area contributed by atoms with Crippen LogP contribution in [0.15, 0.2) is 121 Å². The number of ether oxygens (including phenoxy) is 2. The van der Waals surface area contributed by atoms with Gasteiger partial charge in [-0.3, -0.25) is 0 Å². The molecule has 1 heterocycles. The van der Waals surface area contributed by atoms with Gasteiger partial charge in [-0.2, -0.15) is 0 Å². The molecule has 36 heavy (non-hydrogen) atoms. The normalized spacial score (nSPS) is 11.7. The van der Waals surface area contributed by atoms with Gasteiger partial charge in [0.05, 0.1) is 7.11 Å². The molecule has 0 atom stereocenters. The van der Waals surface area contributed by atoms with Gasteiger partial charge in [-0.1, -0.05) is 84.9 Å². The van der Waals surface area contributed by atoms with Crippen LogP contribution in [0.4, 0.5) is 11.4 Å². The van der Waals surface area contributed by atoms with E-state index in [0.29, 0.717) is 6.61 Å². The molecule has 0 N–H and O–H groups in total. The van der Waals surface area contributed by atoms with Crippen molar-refractivity contribution in [2.75, 3.05) is 12.0 Å². The van der Waals surface area contributed by atoms with Crippen LogP contribution in [0.2, 0.25) is 0 Å². The minimum atomic E-state index is 0.566. The van der Waals surface area contributed by atoms with Crippen LogP contribution in [0.3, 0.4) is 0 Å². The van der Waals surface area contributed by atoms with Crippen molar-refractivity contribution in [3.63, 3.8) is 0 Å². The number of hydrogen-bond donors (Lipinski definition) is 0. The summed E-state index contributed by atoms with van der Waals surface area (Å²) >= 11 is 0. The Morgan fingerprint density at radius 1 is 0.694 bits per heavy atom. The number of hydrogen-bond acceptors (Lipinski definition) is 3. The molecule has 0 radical (unpaired) electrons. The topological polar surface area (TPSA) is 21.7 Å². The Morgan fingerprint density at radius 3 is 2.33 bits per heavy atom. The molecule has 0 saturated heterocycles. The lowest BCUT2D eigenvalue weighted by Gasteiger charge is -2.30. The maximum Gasteiger partial charge on any atom is 0.127 e. The first-order chi connectivity index (χ1) is 17.8. The van der Waals surface area contributed by atoms with Crippen molar-refractivity contribution in [2.24, 2.45) is 0 Å². The fourth-order valence-electron chi connectivity index (χ4n) is 4.93. The molecule has 0 aromatic heterocycles. The second-order valence-electron chi connectivity index (χ2n) is 8.95. The maximum atomic E-state index is 6.09. The van der Waals surface area contributed by atoms with Crippen LogP contribution in [0.25, 0.3) is 22.3 Å². The predicted octanol–water partition coefficient (Wildman–Crippen LogP) is 8.26. The molecule has 1 aliphatic heterocycles. The molecular weight excluding hydrogens is 442 g/mol. The minimum absolute atomic E-state index is 0.566. The molecule has 0 fully saturated rings. The Bertz CT molecular complexity index is 1510. The van der Waals surface area contributed by atoms with Crippen molar-refractivity contribution < 1.29 is 9.47 Å². The van der Waals surface area contributed by atoms with Crippen LogP contribution in [-0.4, -0.2) is 7.11 Å². The van der Waals surface area contributed by atoms with Gasteiger partial charge in [0.15, 0.2) is 0 Å². The van der Waals surface area contributed by atoms with Gasteiger partial charge in [-0.25, -0.2) is 0 Å². The van der Waals surface area contributed by atoms with Gasteiger partial charge in [0.1, 0.15) is 18.1 Å². The highest BCUT2D eigenvalue weighted by Crippen LogP contribution is 2.42. The van der Waals surface area contributed by atoms with E-state index in [1.165, 1.54) is 16.7 Å². The first kappa shape index (κ1) is 22.0. The van der Waals surface area contributed by atoms with Crippen LogP contribution in [0.1, 0.15) is 11.1 Å². The summed E-state index contributed by atoms with van der Waals surface area (Å²) in [6.07, 6.45) is 0. The number of fused-ring (bicyclic) bond motifs is 3. The zero-order valence-electron chi connectivity index (χ0n) is 20.2. The standard InChI is InChI=1S/C33H27NO2/c1-35-28-13-9-12-25(21-28)30-14-5-7-16-32(30)34(22-24-10-3-2-4-11-24)27-18-19-29-26(20-27)23-36-33-17-8-6-15-31(29)33/h2-21H,22-23H2,1H3. The summed E-state index contributed by atoms with van der Waals surface area (Å²) in [6, 6.07) is 42.4. The average molecular weight is 470 g/mol. The van der Waals surface area contributed by atoms with Crippen molar-refractivity contribution >= 4 is 11.4 Å². The van der Waals surface area contributed by atoms with Crippen molar-refractivity contribution in [3.05, 3.63) is 132 Å². The summed E-state index contributed by atoms with van der Waals surface area (Å²) in [5.41, 5.74) is 9.39. The van der Waals surface area contributed by atoms with E-state index in [1.807, 2.05) is 24.3 Å². The zero-order valence-corrected chi connectivity index (χ0v) is 20.2. The van der Waals surface area contributed by atoms with E-state index in [0.717, 1.165) is 46.1 Å². The van der Waals surface area contributed by atoms with Crippen LogP contribution >= 0.6 is 0 Å². The highest BCUT2D eigenvalue weighted by molar-refractivity contribution is 5.84. The third kappa shape index (κ3) is 4.20. The first-order valence-electron chi connectivity index (χ1n) is 12.2. The van der Waals surface area contributed by atoms with Crippen LogP contribution < -0.4 is 14.4 Å². The van der Waals surface area contributed by atoms with Crippen molar-refractivity contribution in [2.45, 2.75) is 13.2 Å². The molecule has 0 bridgehead atoms. The van der Waals surface area contributed by atoms with Gasteiger partial charge in [0.2, 0.25) is 0 Å². The number of anilines is 2. The Morgan fingerprint density at radius 2 is 1.47 bits per heavy atom. The number of methoxy groups -OCH3 is 1. The first-order valence-corrected chi connectivity index (χ1v) is 12.2. The average Bonchev–Trinajstić information content (AvgIpc) is 2.96. The van der Waals surface area contributed by atoms with Crippen molar-refractivity contribution in [1.29, 1.82) is 0 Å². The number of rotatable bonds is 6. The quantitative estimate of drug-likeness (QED) is 0.250. The second kappa shape index (κ2) is 9.63. The van der Waals surface area contributed by atoms with E-state index >= 15 is 0 Å². The maximum absolute atomic E-state index is 6.09. The molecule has 5 aromatic carbocycles. The molecule has 6 rings (SSSR count). The summed E-state index contributed by atoms with van der Waals surface area (Å²) in [4.78, 5) is 2.39. The lowest BCUT2D eigenvalue weighted by Crippen LogP contribution is -2.18. The highest BCUT2D eigenvalue weighted by Gasteiger charge is 2.21. The van der Waals surface area contributed by atoms with Crippen LogP contribution in [-0.2, 0) is 13.2 Å². The zero-order chi connectivity index (χ0) is 24.3. The van der Waals surface area contributed by atoms with E-state index in [-0.39, 0.29) is 0 Å². The molecule has 0 unspecified atom stereocenters. The third-order valence-corrected chi connectivity index (χ3v) is 6.72. The second-order valence-corrected chi connectivity index (χ2v) is 8.95. The smallest absolute Gasteiger partial charge is 0.127 e. The van der Waals surface area contributed by atoms with E-state index in [2.05, 4.69) is 102 Å². The molecule has 0 aliphatic carbocycles. The fourth-order valence-corrected chi connectivity index (χ4v) is 4.93. The van der Waals surface area contributed by atoms with Gasteiger partial charge < -0.3 is 14.4 Å². The molecule has 3 nitrogen and oxygen atoms in total. The molecule has 0 amide bonds. The number of benzene rings is 5. The molecule has 3 heteroatoms. The van der Waals surface area contributed by atoms with Gasteiger partial charge in [0.25, 0.3) is 0 Å². The number of para-hydroxylation sites is 2. The van der Waals surface area contributed by atoms with E-state index in [9.17, 15) is 0 Å². The molecular formula is C33H27NO2. The number of nitrogens with zero attached hydrogens (tertiary/aromatic N) is 1. The monoisotopic (exact) mass is 469 g/mol. The molecule has 1 aliphatic rings. The molecule has 0 saturated carbocycles. The SMILES string of the molecule is COc1cccc(-c2ccccc2N(Cc2ccccc2)c2ccc3c(c2)COc2ccccc2-3)c1. The predicted molar refractivity (Wildman–Crippen MR) is 147 cm³/mol. The summed E-state index contributed by atoms with van der Waals surface area (Å²) < 4.78 is 11.6. The Hall–Kier alpha value is -4.50. The summed E-state index contributed by atoms with van der Waals surface area (Å²) in [7, 11) is 1.71. The summed E-state index contributed by atoms with van der Waals surface area (Å²) in [6.45, 7) is 1.31. The largest absolute Gasteiger partial charge is 0.497 e. The Labute approximate surface area is 212 Å². The van der Waals surface area contributed by atoms with Gasteiger partial charge in [0, 0.05) is 29.0 Å². The van der Waals surface area contributed by atoms with Crippen LogP contribution in [0.5, 0.6) is 11.5 Å². The van der Waals surface area contributed by atoms with Crippen molar-refractivity contribution in [3.8, 4) is 33.8 Å². The molecule has 0 spiro atoms. The third-order valence-electron chi connectivity index (χ3n) is 6.72. The van der Waals surface area contributed by atoms with Crippen LogP contribution in [0, 0.1) is 0 Å². The van der Waals surface area contributed by atoms with E-state index < -0.39 is 0 Å². The summed E-state index contributed by atoms with van der Waals surface area (Å²) in [5, 5.41) is 0. The summed E-state index contributed by atoms with van der Waals surface area (Å²) in [5.74, 6) is 1.80. The lowest BCUT2D eigenvalue weighted by atomic mass is 9.95. The lowest BCUT2D eigenvalue weighted by molar-refractivity contribution is 0.302. The Kier molecular flexibility index (Phi) is 5.88. The van der Waals surface area contributed by atoms with E-state index in [4.69, 9.17) is 9.47 Å². The fraction of sp³-hybridized carbons (Fsp3) is 0.0909. The van der Waals surface area contributed by atoms with E-state index in [1.54, 1.807) is 7.11 Å². The van der Waals surface area contributed by atoms with Gasteiger partial charge in [-0.15, -0.1) is 0 Å².